The average Bonchev–Trinajstić information content (AvgIpc) is 3.10. The lowest BCUT2D eigenvalue weighted by Crippen LogP contribution is -2.51. The van der Waals surface area contributed by atoms with Gasteiger partial charge in [0.25, 0.3) is 0 Å². The van der Waals surface area contributed by atoms with Gasteiger partial charge < -0.3 is 4.74 Å². The van der Waals surface area contributed by atoms with Crippen LogP contribution in [0.15, 0.2) is 11.6 Å². The molecule has 3 fully saturated rings. The molecule has 0 aromatic heterocycles. The Balaban J connectivity index is 1.44. The lowest BCUT2D eigenvalue weighted by Gasteiger charge is -2.56. The van der Waals surface area contributed by atoms with Crippen molar-refractivity contribution in [1.29, 1.82) is 0 Å². The maximum absolute atomic E-state index is 12.2. The molecule has 0 radical (unpaired) electrons. The summed E-state index contributed by atoms with van der Waals surface area (Å²) in [5, 5.41) is 1.13. The zero-order chi connectivity index (χ0) is 23.4. The molecule has 3 nitrogen and oxygen atoms in total. The first-order valence-corrected chi connectivity index (χ1v) is 15.0. The first kappa shape index (κ1) is 25.5. The molecule has 7 unspecified atom stereocenters. The van der Waals surface area contributed by atoms with Crippen molar-refractivity contribution in [3.8, 4) is 0 Å². The number of ether oxygens (including phenoxy) is 1. The molecular formula is C29H45BrO3. The summed E-state index contributed by atoms with van der Waals surface area (Å²) in [6.07, 6.45) is 20.5. The highest BCUT2D eigenvalue weighted by Crippen LogP contribution is 2.64. The molecule has 0 aromatic carbocycles. The summed E-state index contributed by atoms with van der Waals surface area (Å²) in [5.41, 5.74) is 1.64. The van der Waals surface area contributed by atoms with Crippen LogP contribution < -0.4 is 0 Å². The highest BCUT2D eigenvalue weighted by atomic mass is 79.9. The molecule has 186 valence electrons. The first-order valence-electron chi connectivity index (χ1n) is 13.9. The summed E-state index contributed by atoms with van der Waals surface area (Å²) < 4.78 is 5.87. The van der Waals surface area contributed by atoms with Crippen LogP contribution in [0.2, 0.25) is 0 Å². The summed E-state index contributed by atoms with van der Waals surface area (Å²) in [4.78, 5) is 24.0. The Bertz CT molecular complexity index is 730. The molecule has 7 atom stereocenters. The monoisotopic (exact) mass is 520 g/mol. The molecule has 0 aliphatic heterocycles. The van der Waals surface area contributed by atoms with Crippen LogP contribution in [0.5, 0.6) is 0 Å². The molecular weight excluding hydrogens is 476 g/mol. The van der Waals surface area contributed by atoms with Crippen LogP contribution in [0.4, 0.5) is 0 Å². The summed E-state index contributed by atoms with van der Waals surface area (Å²) in [6, 6.07) is 0. The quantitative estimate of drug-likeness (QED) is 0.167. The second-order valence-electron chi connectivity index (χ2n) is 11.8. The fourth-order valence-electron chi connectivity index (χ4n) is 8.40. The molecule has 33 heavy (non-hydrogen) atoms. The van der Waals surface area contributed by atoms with Gasteiger partial charge >= 0.3 is 5.97 Å². The van der Waals surface area contributed by atoms with Gasteiger partial charge in [-0.3, -0.25) is 9.59 Å². The van der Waals surface area contributed by atoms with Crippen molar-refractivity contribution in [2.45, 2.75) is 116 Å². The van der Waals surface area contributed by atoms with Crippen LogP contribution in [0, 0.1) is 35.0 Å². The van der Waals surface area contributed by atoms with E-state index in [1.165, 1.54) is 76.2 Å². The maximum Gasteiger partial charge on any atom is 0.302 e. The molecule has 4 heteroatoms. The standard InChI is InChI=1S/C29H45BrO3/c1-20(31)33-27-14-13-26-28-21(10-8-6-4-3-5-7-9-17-30)18-22-19-23(32)11-12-24(22)25(28)15-16-29(26,27)2/h19,21,24-28H,3-18H2,1-2H3. The minimum atomic E-state index is -0.115. The van der Waals surface area contributed by atoms with Crippen molar-refractivity contribution in [2.75, 3.05) is 5.33 Å². The molecule has 0 saturated heterocycles. The third-order valence-corrected chi connectivity index (χ3v) is 10.5. The molecule has 0 N–H and O–H groups in total. The van der Waals surface area contributed by atoms with Crippen LogP contribution in [0.1, 0.15) is 110 Å². The molecule has 4 aliphatic rings. The number of carbonyl (C=O) groups is 2. The van der Waals surface area contributed by atoms with Crippen LogP contribution in [-0.2, 0) is 14.3 Å². The zero-order valence-electron chi connectivity index (χ0n) is 21.0. The summed E-state index contributed by atoms with van der Waals surface area (Å²) in [6.45, 7) is 4.00. The number of allylic oxidation sites excluding steroid dienone is 1. The van der Waals surface area contributed by atoms with Gasteiger partial charge in [0.15, 0.2) is 5.78 Å². The number of carbonyl (C=O) groups excluding carboxylic acids is 2. The van der Waals surface area contributed by atoms with E-state index in [1.54, 1.807) is 6.92 Å². The van der Waals surface area contributed by atoms with Gasteiger partial charge in [-0.2, -0.15) is 0 Å². The lowest BCUT2D eigenvalue weighted by molar-refractivity contribution is -0.157. The largest absolute Gasteiger partial charge is 0.462 e. The second-order valence-corrected chi connectivity index (χ2v) is 12.6. The van der Waals surface area contributed by atoms with Gasteiger partial charge in [-0.05, 0) is 87.0 Å². The lowest BCUT2D eigenvalue weighted by atomic mass is 9.49. The fraction of sp³-hybridized carbons (Fsp3) is 0.862. The Morgan fingerprint density at radius 1 is 1.06 bits per heavy atom. The number of unbranched alkanes of at least 4 members (excludes halogenated alkanes) is 6. The number of halogens is 1. The van der Waals surface area contributed by atoms with E-state index < -0.39 is 0 Å². The van der Waals surface area contributed by atoms with Crippen molar-refractivity contribution in [3.05, 3.63) is 11.6 Å². The Morgan fingerprint density at radius 3 is 2.52 bits per heavy atom. The predicted molar refractivity (Wildman–Crippen MR) is 137 cm³/mol. The smallest absolute Gasteiger partial charge is 0.302 e. The number of hydrogen-bond acceptors (Lipinski definition) is 3. The van der Waals surface area contributed by atoms with Crippen molar-refractivity contribution in [2.24, 2.45) is 35.0 Å². The van der Waals surface area contributed by atoms with E-state index in [4.69, 9.17) is 4.74 Å². The van der Waals surface area contributed by atoms with Crippen LogP contribution in [0.3, 0.4) is 0 Å². The van der Waals surface area contributed by atoms with E-state index in [-0.39, 0.29) is 17.5 Å². The number of rotatable bonds is 10. The fourth-order valence-corrected chi connectivity index (χ4v) is 8.80. The molecule has 3 saturated carbocycles. The summed E-state index contributed by atoms with van der Waals surface area (Å²) in [7, 11) is 0. The first-order chi connectivity index (χ1) is 15.9. The van der Waals surface area contributed by atoms with Crippen molar-refractivity contribution >= 4 is 27.7 Å². The Labute approximate surface area is 210 Å². The molecule has 0 heterocycles. The number of alkyl halides is 1. The third kappa shape index (κ3) is 5.62. The van der Waals surface area contributed by atoms with Crippen LogP contribution in [0.25, 0.3) is 0 Å². The van der Waals surface area contributed by atoms with Crippen molar-refractivity contribution in [3.63, 3.8) is 0 Å². The maximum atomic E-state index is 12.2. The summed E-state index contributed by atoms with van der Waals surface area (Å²) in [5.74, 6) is 3.75. The topological polar surface area (TPSA) is 43.4 Å². The van der Waals surface area contributed by atoms with Gasteiger partial charge in [0.2, 0.25) is 0 Å². The number of ketones is 1. The molecule has 0 bridgehead atoms. The van der Waals surface area contributed by atoms with Gasteiger partial charge in [0.1, 0.15) is 6.10 Å². The summed E-state index contributed by atoms with van der Waals surface area (Å²) >= 11 is 3.53. The highest BCUT2D eigenvalue weighted by molar-refractivity contribution is 9.09. The average molecular weight is 522 g/mol. The molecule has 0 spiro atoms. The Hall–Kier alpha value is -0.640. The van der Waals surface area contributed by atoms with E-state index in [9.17, 15) is 9.59 Å². The van der Waals surface area contributed by atoms with E-state index in [0.29, 0.717) is 23.5 Å². The molecule has 0 amide bonds. The van der Waals surface area contributed by atoms with Gasteiger partial charge in [-0.25, -0.2) is 0 Å². The van der Waals surface area contributed by atoms with E-state index in [2.05, 4.69) is 22.9 Å². The minimum absolute atomic E-state index is 0.103. The third-order valence-electron chi connectivity index (χ3n) is 9.90. The van der Waals surface area contributed by atoms with E-state index >= 15 is 0 Å². The van der Waals surface area contributed by atoms with Crippen LogP contribution >= 0.6 is 15.9 Å². The van der Waals surface area contributed by atoms with E-state index in [1.807, 2.05) is 6.08 Å². The SMILES string of the molecule is CC(=O)OC1CCC2C3C(CCCCCCCCCBr)CC4=CC(=O)CCC4C3CCC12C. The normalized spacial score (nSPS) is 37.7. The predicted octanol–water partition coefficient (Wildman–Crippen LogP) is 7.80. The van der Waals surface area contributed by atoms with Crippen molar-refractivity contribution in [1.82, 2.24) is 0 Å². The Kier molecular flexibility index (Phi) is 8.79. The van der Waals surface area contributed by atoms with Gasteiger partial charge in [0.05, 0.1) is 0 Å². The highest BCUT2D eigenvalue weighted by Gasteiger charge is 2.59. The van der Waals surface area contributed by atoms with Crippen LogP contribution in [-0.4, -0.2) is 23.2 Å². The molecule has 0 aromatic rings. The van der Waals surface area contributed by atoms with Gasteiger partial charge in [0, 0.05) is 24.1 Å². The molecule has 4 aliphatic carbocycles. The number of esters is 1. The number of fused-ring (bicyclic) bond motifs is 5. The Morgan fingerprint density at radius 2 is 1.79 bits per heavy atom. The van der Waals surface area contributed by atoms with Gasteiger partial charge in [-0.1, -0.05) is 67.0 Å². The number of hydrogen-bond donors (Lipinski definition) is 0. The van der Waals surface area contributed by atoms with E-state index in [0.717, 1.165) is 42.8 Å². The minimum Gasteiger partial charge on any atom is -0.462 e. The zero-order valence-corrected chi connectivity index (χ0v) is 22.5. The second kappa shape index (κ2) is 11.4. The van der Waals surface area contributed by atoms with Gasteiger partial charge in [-0.15, -0.1) is 0 Å². The molecule has 4 rings (SSSR count). The van der Waals surface area contributed by atoms with Crippen molar-refractivity contribution < 1.29 is 14.3 Å².